The van der Waals surface area contributed by atoms with E-state index in [4.69, 9.17) is 4.74 Å². The molecule has 1 amide bonds. The average Bonchev–Trinajstić information content (AvgIpc) is 2.96. The molecule has 2 aliphatic rings. The first-order chi connectivity index (χ1) is 11.8. The normalized spacial score (nSPS) is 21.5. The Bertz CT molecular complexity index is 521. The van der Waals surface area contributed by atoms with Gasteiger partial charge in [-0.3, -0.25) is 4.79 Å². The maximum Gasteiger partial charge on any atom is 0.238 e. The smallest absolute Gasteiger partial charge is 0.238 e. The average molecular weight is 331 g/mol. The van der Waals surface area contributed by atoms with Gasteiger partial charge in [-0.25, -0.2) is 0 Å². The van der Waals surface area contributed by atoms with Gasteiger partial charge in [0, 0.05) is 26.2 Å². The van der Waals surface area contributed by atoms with E-state index in [9.17, 15) is 4.79 Å². The molecule has 5 heteroatoms. The number of carbonyl (C=O) groups excluding carboxylic acids is 1. The zero-order valence-electron chi connectivity index (χ0n) is 14.4. The Morgan fingerprint density at radius 3 is 2.67 bits per heavy atom. The molecule has 0 spiro atoms. The standard InChI is InChI=1S/C19H29N3O2/c23-19(15-20-14-16-8-7-13-24-16)21-17-9-3-4-10-18(17)22-11-5-1-2-6-12-22/h3-4,9-10,16,20H,1-2,5-8,11-15H2,(H,21,23)/t16-/m0/s1. The summed E-state index contributed by atoms with van der Waals surface area (Å²) >= 11 is 0. The van der Waals surface area contributed by atoms with Crippen LogP contribution in [-0.2, 0) is 9.53 Å². The Kier molecular flexibility index (Phi) is 6.49. The van der Waals surface area contributed by atoms with Gasteiger partial charge >= 0.3 is 0 Å². The van der Waals surface area contributed by atoms with E-state index in [0.717, 1.165) is 50.5 Å². The number of nitrogens with zero attached hydrogens (tertiary/aromatic N) is 1. The lowest BCUT2D eigenvalue weighted by molar-refractivity contribution is -0.115. The molecule has 0 bridgehead atoms. The molecule has 0 radical (unpaired) electrons. The SMILES string of the molecule is O=C(CNC[C@@H]1CCCO1)Nc1ccccc1N1CCCCCC1. The first kappa shape index (κ1) is 17.2. The Morgan fingerprint density at radius 1 is 1.12 bits per heavy atom. The van der Waals surface area contributed by atoms with Crippen molar-refractivity contribution in [3.63, 3.8) is 0 Å². The second-order valence-electron chi connectivity index (χ2n) is 6.73. The molecular formula is C19H29N3O2. The van der Waals surface area contributed by atoms with Crippen LogP contribution in [0.3, 0.4) is 0 Å². The quantitative estimate of drug-likeness (QED) is 0.842. The summed E-state index contributed by atoms with van der Waals surface area (Å²) in [6.07, 6.45) is 7.54. The fourth-order valence-corrected chi connectivity index (χ4v) is 3.51. The van der Waals surface area contributed by atoms with Crippen LogP contribution in [0.25, 0.3) is 0 Å². The number of hydrogen-bond donors (Lipinski definition) is 2. The number of nitrogens with one attached hydrogen (secondary N) is 2. The first-order valence-electron chi connectivity index (χ1n) is 9.29. The molecule has 2 saturated heterocycles. The number of hydrogen-bond acceptors (Lipinski definition) is 4. The molecule has 0 unspecified atom stereocenters. The Morgan fingerprint density at radius 2 is 1.92 bits per heavy atom. The largest absolute Gasteiger partial charge is 0.377 e. The highest BCUT2D eigenvalue weighted by molar-refractivity contribution is 5.95. The van der Waals surface area contributed by atoms with Gasteiger partial charge in [-0.1, -0.05) is 25.0 Å². The summed E-state index contributed by atoms with van der Waals surface area (Å²) in [4.78, 5) is 14.7. The molecule has 1 aromatic rings. The van der Waals surface area contributed by atoms with Crippen LogP contribution in [0.4, 0.5) is 11.4 Å². The van der Waals surface area contributed by atoms with Gasteiger partial charge in [-0.2, -0.15) is 0 Å². The molecule has 0 aromatic heterocycles. The van der Waals surface area contributed by atoms with Crippen molar-refractivity contribution >= 4 is 17.3 Å². The van der Waals surface area contributed by atoms with Crippen molar-refractivity contribution in [1.29, 1.82) is 0 Å². The van der Waals surface area contributed by atoms with Crippen LogP contribution in [-0.4, -0.2) is 44.8 Å². The van der Waals surface area contributed by atoms with E-state index < -0.39 is 0 Å². The highest BCUT2D eigenvalue weighted by Crippen LogP contribution is 2.27. The van der Waals surface area contributed by atoms with E-state index in [2.05, 4.69) is 21.6 Å². The van der Waals surface area contributed by atoms with E-state index in [-0.39, 0.29) is 12.0 Å². The van der Waals surface area contributed by atoms with Crippen molar-refractivity contribution in [3.8, 4) is 0 Å². The molecule has 0 aliphatic carbocycles. The van der Waals surface area contributed by atoms with Gasteiger partial charge in [0.1, 0.15) is 0 Å². The molecule has 5 nitrogen and oxygen atoms in total. The van der Waals surface area contributed by atoms with Gasteiger partial charge in [0.2, 0.25) is 5.91 Å². The van der Waals surface area contributed by atoms with E-state index in [1.807, 2.05) is 18.2 Å². The van der Waals surface area contributed by atoms with Crippen molar-refractivity contribution in [2.75, 3.05) is 43.0 Å². The molecule has 2 heterocycles. The van der Waals surface area contributed by atoms with Crippen LogP contribution in [0, 0.1) is 0 Å². The fourth-order valence-electron chi connectivity index (χ4n) is 3.51. The van der Waals surface area contributed by atoms with Crippen molar-refractivity contribution in [2.45, 2.75) is 44.6 Å². The number of carbonyl (C=O) groups is 1. The predicted molar refractivity (Wildman–Crippen MR) is 97.6 cm³/mol. The fraction of sp³-hybridized carbons (Fsp3) is 0.632. The third-order valence-corrected chi connectivity index (χ3v) is 4.81. The minimum Gasteiger partial charge on any atom is -0.377 e. The summed E-state index contributed by atoms with van der Waals surface area (Å²) in [5.74, 6) is 0.00951. The second-order valence-corrected chi connectivity index (χ2v) is 6.73. The molecule has 132 valence electrons. The molecule has 1 aromatic carbocycles. The third-order valence-electron chi connectivity index (χ3n) is 4.81. The zero-order chi connectivity index (χ0) is 16.6. The lowest BCUT2D eigenvalue weighted by atomic mass is 10.2. The number of para-hydroxylation sites is 2. The van der Waals surface area contributed by atoms with Crippen LogP contribution >= 0.6 is 0 Å². The van der Waals surface area contributed by atoms with Crippen LogP contribution < -0.4 is 15.5 Å². The van der Waals surface area contributed by atoms with Crippen molar-refractivity contribution in [1.82, 2.24) is 5.32 Å². The van der Waals surface area contributed by atoms with Gasteiger partial charge in [-0.15, -0.1) is 0 Å². The van der Waals surface area contributed by atoms with Crippen LogP contribution in [0.2, 0.25) is 0 Å². The lowest BCUT2D eigenvalue weighted by Gasteiger charge is -2.25. The summed E-state index contributed by atoms with van der Waals surface area (Å²) in [5, 5.41) is 6.28. The minimum absolute atomic E-state index is 0.00951. The van der Waals surface area contributed by atoms with Gasteiger partial charge in [0.25, 0.3) is 0 Å². The summed E-state index contributed by atoms with van der Waals surface area (Å²) in [6, 6.07) is 8.14. The number of rotatable bonds is 6. The monoisotopic (exact) mass is 331 g/mol. The van der Waals surface area contributed by atoms with Crippen LogP contribution in [0.5, 0.6) is 0 Å². The highest BCUT2D eigenvalue weighted by atomic mass is 16.5. The molecule has 2 fully saturated rings. The van der Waals surface area contributed by atoms with Gasteiger partial charge < -0.3 is 20.3 Å². The zero-order valence-corrected chi connectivity index (χ0v) is 14.4. The van der Waals surface area contributed by atoms with Crippen molar-refractivity contribution in [3.05, 3.63) is 24.3 Å². The minimum atomic E-state index is 0.00951. The number of anilines is 2. The molecular weight excluding hydrogens is 302 g/mol. The molecule has 2 N–H and O–H groups in total. The maximum absolute atomic E-state index is 12.3. The van der Waals surface area contributed by atoms with Gasteiger partial charge in [-0.05, 0) is 37.8 Å². The second kappa shape index (κ2) is 9.04. The third kappa shape index (κ3) is 4.95. The Labute approximate surface area is 144 Å². The van der Waals surface area contributed by atoms with Gasteiger partial charge in [0.15, 0.2) is 0 Å². The topological polar surface area (TPSA) is 53.6 Å². The molecule has 2 aliphatic heterocycles. The predicted octanol–water partition coefficient (Wildman–Crippen LogP) is 2.77. The number of amides is 1. The molecule has 3 rings (SSSR count). The summed E-state index contributed by atoms with van der Waals surface area (Å²) in [5.41, 5.74) is 2.06. The molecule has 24 heavy (non-hydrogen) atoms. The highest BCUT2D eigenvalue weighted by Gasteiger charge is 2.16. The number of benzene rings is 1. The Hall–Kier alpha value is -1.59. The van der Waals surface area contributed by atoms with Gasteiger partial charge in [0.05, 0.1) is 24.0 Å². The molecule has 1 atom stereocenters. The van der Waals surface area contributed by atoms with Crippen LogP contribution in [0.15, 0.2) is 24.3 Å². The lowest BCUT2D eigenvalue weighted by Crippen LogP contribution is -2.34. The summed E-state index contributed by atoms with van der Waals surface area (Å²) in [6.45, 7) is 4.07. The maximum atomic E-state index is 12.3. The van der Waals surface area contributed by atoms with E-state index >= 15 is 0 Å². The molecule has 0 saturated carbocycles. The van der Waals surface area contributed by atoms with Crippen molar-refractivity contribution in [2.24, 2.45) is 0 Å². The van der Waals surface area contributed by atoms with E-state index in [1.165, 1.54) is 25.7 Å². The Balaban J connectivity index is 1.52. The summed E-state index contributed by atoms with van der Waals surface area (Å²) in [7, 11) is 0. The van der Waals surface area contributed by atoms with E-state index in [0.29, 0.717) is 6.54 Å². The van der Waals surface area contributed by atoms with Crippen LogP contribution in [0.1, 0.15) is 38.5 Å². The van der Waals surface area contributed by atoms with Crippen molar-refractivity contribution < 1.29 is 9.53 Å². The first-order valence-corrected chi connectivity index (χ1v) is 9.29. The number of ether oxygens (including phenoxy) is 1. The summed E-state index contributed by atoms with van der Waals surface area (Å²) < 4.78 is 5.56. The van der Waals surface area contributed by atoms with E-state index in [1.54, 1.807) is 0 Å².